The van der Waals surface area contributed by atoms with Gasteiger partial charge in [0.25, 0.3) is 0 Å². The van der Waals surface area contributed by atoms with Crippen LogP contribution in [0.4, 0.5) is 0 Å². The fourth-order valence-corrected chi connectivity index (χ4v) is 9.91. The molecule has 1 unspecified atom stereocenters. The van der Waals surface area contributed by atoms with Gasteiger partial charge in [0.15, 0.2) is 11.6 Å². The number of hydrogen-bond acceptors (Lipinski definition) is 4. The molecule has 0 aromatic heterocycles. The fraction of sp³-hybridized carbons (Fsp3) is 0.742. The molecule has 3 saturated carbocycles. The lowest BCUT2D eigenvalue weighted by molar-refractivity contribution is -0.178. The second kappa shape index (κ2) is 7.21. The average Bonchev–Trinajstić information content (AvgIpc) is 2.79. The topological polar surface area (TPSA) is 95.2 Å². The number of rotatable bonds is 1. The second-order valence-corrected chi connectivity index (χ2v) is 14.6. The first kappa shape index (κ1) is 25.4. The van der Waals surface area contributed by atoms with Crippen LogP contribution in [0.5, 0.6) is 0 Å². The molecule has 0 bridgehead atoms. The Morgan fingerprint density at radius 3 is 2.25 bits per heavy atom. The molecule has 5 nitrogen and oxygen atoms in total. The van der Waals surface area contributed by atoms with Crippen LogP contribution in [-0.2, 0) is 14.4 Å². The van der Waals surface area contributed by atoms with Crippen molar-refractivity contribution in [2.24, 2.45) is 50.2 Å². The molecular formula is C31H41NO4. The lowest BCUT2D eigenvalue weighted by atomic mass is 9.34. The Kier molecular flexibility index (Phi) is 5.09. The summed E-state index contributed by atoms with van der Waals surface area (Å²) >= 11 is 0. The first-order valence-corrected chi connectivity index (χ1v) is 13.7. The third-order valence-corrected chi connectivity index (χ3v) is 12.6. The molecule has 0 aromatic carbocycles. The van der Waals surface area contributed by atoms with Gasteiger partial charge in [-0.3, -0.25) is 14.4 Å². The van der Waals surface area contributed by atoms with Gasteiger partial charge in [-0.2, -0.15) is 5.26 Å². The van der Waals surface area contributed by atoms with E-state index < -0.39 is 22.2 Å². The van der Waals surface area contributed by atoms with E-state index in [0.717, 1.165) is 37.7 Å². The summed E-state index contributed by atoms with van der Waals surface area (Å²) < 4.78 is 0. The number of hydrogen-bond donors (Lipinski definition) is 1. The third-order valence-electron chi connectivity index (χ3n) is 12.6. The predicted octanol–water partition coefficient (Wildman–Crippen LogP) is 6.29. The van der Waals surface area contributed by atoms with E-state index in [-0.39, 0.29) is 51.1 Å². The number of Topliss-reactive ketones (excluding diaryl/α,β-unsaturated/α-hetero) is 1. The average molecular weight is 492 g/mol. The third kappa shape index (κ3) is 2.85. The molecule has 36 heavy (non-hydrogen) atoms. The summed E-state index contributed by atoms with van der Waals surface area (Å²) in [7, 11) is 0. The molecule has 0 spiro atoms. The van der Waals surface area contributed by atoms with E-state index in [4.69, 9.17) is 0 Å². The van der Waals surface area contributed by atoms with Crippen LogP contribution in [0.3, 0.4) is 0 Å². The van der Waals surface area contributed by atoms with Gasteiger partial charge < -0.3 is 5.11 Å². The van der Waals surface area contributed by atoms with E-state index in [1.807, 2.05) is 32.9 Å². The zero-order valence-corrected chi connectivity index (χ0v) is 23.0. The van der Waals surface area contributed by atoms with Gasteiger partial charge in [0.05, 0.1) is 11.0 Å². The van der Waals surface area contributed by atoms with E-state index in [9.17, 15) is 24.8 Å². The van der Waals surface area contributed by atoms with E-state index >= 15 is 0 Å². The summed E-state index contributed by atoms with van der Waals surface area (Å²) in [6.07, 6.45) is 9.51. The predicted molar refractivity (Wildman–Crippen MR) is 137 cm³/mol. The van der Waals surface area contributed by atoms with Crippen LogP contribution in [0.15, 0.2) is 23.3 Å². The molecule has 0 heterocycles. The Morgan fingerprint density at radius 2 is 1.64 bits per heavy atom. The van der Waals surface area contributed by atoms with Gasteiger partial charge in [-0.1, -0.05) is 53.2 Å². The normalized spacial score (nSPS) is 49.3. The van der Waals surface area contributed by atoms with Gasteiger partial charge in [-0.15, -0.1) is 0 Å². The minimum atomic E-state index is -0.796. The summed E-state index contributed by atoms with van der Waals surface area (Å²) in [5, 5.41) is 19.9. The van der Waals surface area contributed by atoms with Crippen LogP contribution in [0.25, 0.3) is 0 Å². The summed E-state index contributed by atoms with van der Waals surface area (Å²) in [6, 6.07) is 2.16. The summed E-state index contributed by atoms with van der Waals surface area (Å²) in [4.78, 5) is 39.6. The maximum atomic E-state index is 14.2. The first-order chi connectivity index (χ1) is 16.5. The molecule has 194 valence electrons. The highest BCUT2D eigenvalue weighted by atomic mass is 16.4. The molecule has 8 atom stereocenters. The summed E-state index contributed by atoms with van der Waals surface area (Å²) in [5.41, 5.74) is -1.29. The molecule has 0 radical (unpaired) electrons. The van der Waals surface area contributed by atoms with Crippen molar-refractivity contribution in [3.63, 3.8) is 0 Å². The van der Waals surface area contributed by atoms with Crippen molar-refractivity contribution in [2.45, 2.75) is 93.4 Å². The molecule has 0 amide bonds. The lowest BCUT2D eigenvalue weighted by Gasteiger charge is -2.69. The smallest absolute Gasteiger partial charge is 0.309 e. The number of carboxylic acids is 1. The largest absolute Gasteiger partial charge is 0.481 e. The number of nitriles is 1. The van der Waals surface area contributed by atoms with E-state index in [0.29, 0.717) is 12.8 Å². The minimum absolute atomic E-state index is 0.0231. The van der Waals surface area contributed by atoms with E-state index in [1.54, 1.807) is 0 Å². The van der Waals surface area contributed by atoms with Gasteiger partial charge in [0, 0.05) is 16.7 Å². The summed E-state index contributed by atoms with van der Waals surface area (Å²) in [5.74, 6) is -0.861. The van der Waals surface area contributed by atoms with Crippen LogP contribution >= 0.6 is 0 Å². The van der Waals surface area contributed by atoms with Crippen LogP contribution in [0.2, 0.25) is 0 Å². The van der Waals surface area contributed by atoms with Crippen molar-refractivity contribution in [3.05, 3.63) is 23.3 Å². The van der Waals surface area contributed by atoms with Gasteiger partial charge in [-0.05, 0) is 86.0 Å². The zero-order chi connectivity index (χ0) is 26.7. The number of carbonyl (C=O) groups excluding carboxylic acids is 2. The molecule has 0 aromatic rings. The molecular weight excluding hydrogens is 450 g/mol. The Balaban J connectivity index is 1.68. The van der Waals surface area contributed by atoms with Crippen LogP contribution in [-0.4, -0.2) is 22.6 Å². The SMILES string of the molecule is CC1(C)C(=O)C(C#N)=C[C@]2(C)C3=CC(=O)[C@@H]4C5C[C@@](C)(C(=O)O)CC[C@]5(C)CC[C@@]4(C)[C@]3(C)CC[C@@H]12. The number of nitrogens with zero attached hydrogens (tertiary/aromatic N) is 1. The Morgan fingerprint density at radius 1 is 1.00 bits per heavy atom. The van der Waals surface area contributed by atoms with Crippen molar-refractivity contribution in [2.75, 3.05) is 0 Å². The molecule has 5 aliphatic rings. The Labute approximate surface area is 215 Å². The van der Waals surface area contributed by atoms with Crippen molar-refractivity contribution in [1.82, 2.24) is 0 Å². The summed E-state index contributed by atoms with van der Waals surface area (Å²) in [6.45, 7) is 14.8. The molecule has 3 fully saturated rings. The van der Waals surface area contributed by atoms with Gasteiger partial charge in [-0.25, -0.2) is 0 Å². The molecule has 5 rings (SSSR count). The van der Waals surface area contributed by atoms with Crippen molar-refractivity contribution >= 4 is 17.5 Å². The Bertz CT molecular complexity index is 1190. The minimum Gasteiger partial charge on any atom is -0.481 e. The van der Waals surface area contributed by atoms with Gasteiger partial charge in [0.1, 0.15) is 6.07 Å². The second-order valence-electron chi connectivity index (χ2n) is 14.6. The van der Waals surface area contributed by atoms with E-state index in [1.165, 1.54) is 0 Å². The highest BCUT2D eigenvalue weighted by molar-refractivity contribution is 6.04. The molecule has 5 heteroatoms. The number of aliphatic carboxylic acids is 1. The van der Waals surface area contributed by atoms with Crippen LogP contribution < -0.4 is 0 Å². The first-order valence-electron chi connectivity index (χ1n) is 13.7. The maximum absolute atomic E-state index is 14.2. The Hall–Kier alpha value is -2.22. The zero-order valence-electron chi connectivity index (χ0n) is 23.0. The van der Waals surface area contributed by atoms with Gasteiger partial charge in [0.2, 0.25) is 0 Å². The molecule has 0 aliphatic heterocycles. The molecule has 5 aliphatic carbocycles. The fourth-order valence-electron chi connectivity index (χ4n) is 9.91. The highest BCUT2D eigenvalue weighted by Crippen LogP contribution is 2.74. The number of fused-ring (bicyclic) bond motifs is 7. The monoisotopic (exact) mass is 491 g/mol. The van der Waals surface area contributed by atoms with Crippen LogP contribution in [0.1, 0.15) is 93.4 Å². The molecule has 0 saturated heterocycles. The lowest BCUT2D eigenvalue weighted by Crippen LogP contribution is -2.64. The highest BCUT2D eigenvalue weighted by Gasteiger charge is 2.69. The quantitative estimate of drug-likeness (QED) is 0.465. The van der Waals surface area contributed by atoms with Crippen molar-refractivity contribution < 1.29 is 19.5 Å². The van der Waals surface area contributed by atoms with Crippen molar-refractivity contribution in [1.29, 1.82) is 5.26 Å². The van der Waals surface area contributed by atoms with Crippen molar-refractivity contribution in [3.8, 4) is 6.07 Å². The van der Waals surface area contributed by atoms with E-state index in [2.05, 4.69) is 33.8 Å². The van der Waals surface area contributed by atoms with Gasteiger partial charge >= 0.3 is 5.97 Å². The number of ketones is 2. The van der Waals surface area contributed by atoms with Crippen LogP contribution in [0, 0.1) is 61.6 Å². The maximum Gasteiger partial charge on any atom is 0.309 e. The number of carbonyl (C=O) groups is 3. The number of carboxylic acid groups (broad SMARTS) is 1. The molecule has 1 N–H and O–H groups in total. The standard InChI is InChI=1S/C31H41NO4/c1-26(2)21-8-9-30(6)22(29(21,5)15-18(17-32)24(26)34)14-20(33)23-19-16-28(4,25(35)36)11-10-27(19,3)12-13-31(23,30)7/h14-15,19,21,23H,8-13,16H2,1-7H3,(H,35,36)/t19?,21-,23-,27+,28-,29-,30+,31+/m0/s1. The number of allylic oxidation sites excluding steroid dienone is 4.